The fourth-order valence-electron chi connectivity index (χ4n) is 4.29. The quantitative estimate of drug-likeness (QED) is 0.410. The van der Waals surface area contributed by atoms with E-state index in [0.717, 1.165) is 51.4 Å². The van der Waals surface area contributed by atoms with Crippen LogP contribution in [0.25, 0.3) is 0 Å². The molecule has 0 unspecified atom stereocenters. The number of likely N-dealkylation sites (tertiary alicyclic amines) is 1. The third kappa shape index (κ3) is 6.93. The predicted molar refractivity (Wildman–Crippen MR) is 118 cm³/mol. The highest BCUT2D eigenvalue weighted by molar-refractivity contribution is 5.80. The van der Waals surface area contributed by atoms with E-state index in [1.54, 1.807) is 5.57 Å². The topological polar surface area (TPSA) is 57.2 Å². The molecule has 0 aromatic carbocycles. The molecule has 0 bridgehead atoms. The van der Waals surface area contributed by atoms with Gasteiger partial charge in [-0.25, -0.2) is 4.79 Å². The van der Waals surface area contributed by atoms with Gasteiger partial charge in [-0.2, -0.15) is 0 Å². The molecule has 0 aromatic heterocycles. The van der Waals surface area contributed by atoms with Gasteiger partial charge in [0, 0.05) is 39.3 Å². The monoisotopic (exact) mass is 404 g/mol. The predicted octanol–water partition coefficient (Wildman–Crippen LogP) is 4.17. The third-order valence-electron chi connectivity index (χ3n) is 6.06. The minimum absolute atomic E-state index is 0.143. The first-order valence-electron chi connectivity index (χ1n) is 11.5. The number of piperidine rings is 1. The number of hydrogen-bond acceptors (Lipinski definition) is 3. The molecule has 2 fully saturated rings. The Kier molecular flexibility index (Phi) is 7.47. The van der Waals surface area contributed by atoms with E-state index < -0.39 is 5.60 Å². The zero-order valence-electron chi connectivity index (χ0n) is 18.9. The van der Waals surface area contributed by atoms with Crippen LogP contribution in [0.5, 0.6) is 0 Å². The Balaban J connectivity index is 1.49. The van der Waals surface area contributed by atoms with Gasteiger partial charge in [0.05, 0.1) is 0 Å². The molecule has 1 N–H and O–H groups in total. The molecule has 1 saturated heterocycles. The number of carbonyl (C=O) groups excluding carboxylic acids is 1. The average Bonchev–Trinajstić information content (AvgIpc) is 3.35. The van der Waals surface area contributed by atoms with E-state index in [2.05, 4.69) is 21.3 Å². The molecule has 3 rings (SSSR count). The normalized spacial score (nSPS) is 21.2. The summed E-state index contributed by atoms with van der Waals surface area (Å²) in [6.45, 7) is 9.49. The Morgan fingerprint density at radius 1 is 1.28 bits per heavy atom. The van der Waals surface area contributed by atoms with Crippen LogP contribution in [0.4, 0.5) is 4.79 Å². The summed E-state index contributed by atoms with van der Waals surface area (Å²) in [5, 5.41) is 3.54. The Morgan fingerprint density at radius 3 is 2.55 bits per heavy atom. The van der Waals surface area contributed by atoms with Crippen molar-refractivity contribution in [3.8, 4) is 0 Å². The molecule has 29 heavy (non-hydrogen) atoms. The average molecular weight is 405 g/mol. The number of nitrogens with one attached hydrogen (secondary N) is 1. The van der Waals surface area contributed by atoms with Crippen molar-refractivity contribution in [3.63, 3.8) is 0 Å². The summed E-state index contributed by atoms with van der Waals surface area (Å²) in [4.78, 5) is 21.7. The van der Waals surface area contributed by atoms with E-state index in [9.17, 15) is 4.79 Å². The molecule has 0 radical (unpaired) electrons. The molecule has 2 aliphatic carbocycles. The van der Waals surface area contributed by atoms with Crippen LogP contribution in [0.15, 0.2) is 16.6 Å². The Morgan fingerprint density at radius 2 is 2.00 bits per heavy atom. The molecule has 6 nitrogen and oxygen atoms in total. The van der Waals surface area contributed by atoms with Gasteiger partial charge in [0.25, 0.3) is 0 Å². The number of ether oxygens (including phenoxy) is 1. The van der Waals surface area contributed by atoms with Gasteiger partial charge in [0.1, 0.15) is 5.60 Å². The van der Waals surface area contributed by atoms with Crippen LogP contribution in [0.2, 0.25) is 0 Å². The maximum Gasteiger partial charge on any atom is 0.410 e. The van der Waals surface area contributed by atoms with Crippen molar-refractivity contribution >= 4 is 12.1 Å². The lowest BCUT2D eigenvalue weighted by molar-refractivity contribution is 0.00929. The fraction of sp³-hybridized carbons (Fsp3) is 0.826. The first kappa shape index (κ1) is 22.0. The molecule has 1 amide bonds. The highest BCUT2D eigenvalue weighted by atomic mass is 16.6. The van der Waals surface area contributed by atoms with Gasteiger partial charge in [-0.1, -0.05) is 11.6 Å². The standard InChI is InChI=1S/C23H40N4O2/c1-23(2,3)29-22(28)27(17-19-9-10-19)20-12-15-26(16-13-20)21(24-4)25-14-11-18-7-5-6-8-18/h7,19-20H,5-6,8-17H2,1-4H3,(H,24,25). The van der Waals surface area contributed by atoms with E-state index in [4.69, 9.17) is 4.74 Å². The van der Waals surface area contributed by atoms with Crippen LogP contribution in [-0.4, -0.2) is 66.7 Å². The Hall–Kier alpha value is -1.72. The number of allylic oxidation sites excluding steroid dienone is 1. The van der Waals surface area contributed by atoms with Crippen molar-refractivity contribution in [2.45, 2.75) is 83.8 Å². The van der Waals surface area contributed by atoms with Crippen molar-refractivity contribution in [1.82, 2.24) is 15.1 Å². The first-order chi connectivity index (χ1) is 13.9. The smallest absolute Gasteiger partial charge is 0.410 e. The van der Waals surface area contributed by atoms with Crippen LogP contribution in [-0.2, 0) is 4.74 Å². The second kappa shape index (κ2) is 9.86. The van der Waals surface area contributed by atoms with Crippen molar-refractivity contribution in [1.29, 1.82) is 0 Å². The van der Waals surface area contributed by atoms with Gasteiger partial charge >= 0.3 is 6.09 Å². The Labute approximate surface area is 176 Å². The lowest BCUT2D eigenvalue weighted by Crippen LogP contribution is -2.52. The molecule has 1 heterocycles. The van der Waals surface area contributed by atoms with Crippen molar-refractivity contribution in [3.05, 3.63) is 11.6 Å². The second-order valence-electron chi connectivity index (χ2n) is 9.77. The number of aliphatic imine (C=N–C) groups is 1. The maximum absolute atomic E-state index is 12.8. The van der Waals surface area contributed by atoms with Gasteiger partial charge in [0.15, 0.2) is 5.96 Å². The zero-order chi connectivity index (χ0) is 20.9. The van der Waals surface area contributed by atoms with Crippen LogP contribution in [0, 0.1) is 5.92 Å². The molecule has 164 valence electrons. The number of carbonyl (C=O) groups is 1. The van der Waals surface area contributed by atoms with Gasteiger partial charge in [-0.05, 0) is 78.1 Å². The number of guanidine groups is 1. The van der Waals surface area contributed by atoms with Gasteiger partial charge in [0.2, 0.25) is 0 Å². The van der Waals surface area contributed by atoms with E-state index in [1.807, 2.05) is 32.7 Å². The molecule has 6 heteroatoms. The fourth-order valence-corrected chi connectivity index (χ4v) is 4.29. The van der Waals surface area contributed by atoms with Crippen molar-refractivity contribution in [2.24, 2.45) is 10.9 Å². The highest BCUT2D eigenvalue weighted by Crippen LogP contribution is 2.32. The molecule has 1 saturated carbocycles. The van der Waals surface area contributed by atoms with Crippen LogP contribution in [0.1, 0.15) is 72.1 Å². The van der Waals surface area contributed by atoms with Gasteiger partial charge in [-0.3, -0.25) is 4.99 Å². The number of rotatable bonds is 6. The minimum Gasteiger partial charge on any atom is -0.444 e. The van der Waals surface area contributed by atoms with Gasteiger partial charge in [-0.15, -0.1) is 0 Å². The Bertz CT molecular complexity index is 611. The lowest BCUT2D eigenvalue weighted by Gasteiger charge is -2.40. The van der Waals surface area contributed by atoms with E-state index in [1.165, 1.54) is 32.1 Å². The van der Waals surface area contributed by atoms with Crippen LogP contribution < -0.4 is 5.32 Å². The summed E-state index contributed by atoms with van der Waals surface area (Å²) >= 11 is 0. The van der Waals surface area contributed by atoms with Gasteiger partial charge < -0.3 is 19.9 Å². The van der Waals surface area contributed by atoms with Crippen LogP contribution >= 0.6 is 0 Å². The molecular formula is C23H40N4O2. The number of amides is 1. The number of nitrogens with zero attached hydrogens (tertiary/aromatic N) is 3. The summed E-state index contributed by atoms with van der Waals surface area (Å²) < 4.78 is 5.71. The minimum atomic E-state index is -0.444. The molecule has 3 aliphatic rings. The molecule has 0 spiro atoms. The SMILES string of the molecule is CN=C(NCCC1=CCCC1)N1CCC(N(CC2CC2)C(=O)OC(C)(C)C)CC1. The van der Waals surface area contributed by atoms with Crippen molar-refractivity contribution < 1.29 is 9.53 Å². The summed E-state index contributed by atoms with van der Waals surface area (Å²) in [5.74, 6) is 1.66. The second-order valence-corrected chi connectivity index (χ2v) is 9.77. The molecule has 0 aromatic rings. The molecular weight excluding hydrogens is 364 g/mol. The number of hydrogen-bond donors (Lipinski definition) is 1. The molecule has 1 aliphatic heterocycles. The zero-order valence-corrected chi connectivity index (χ0v) is 18.9. The largest absolute Gasteiger partial charge is 0.444 e. The van der Waals surface area contributed by atoms with Crippen LogP contribution in [0.3, 0.4) is 0 Å². The summed E-state index contributed by atoms with van der Waals surface area (Å²) in [6, 6.07) is 0.267. The lowest BCUT2D eigenvalue weighted by atomic mass is 10.0. The summed E-state index contributed by atoms with van der Waals surface area (Å²) in [6.07, 6.45) is 11.6. The van der Waals surface area contributed by atoms with E-state index in [0.29, 0.717) is 5.92 Å². The maximum atomic E-state index is 12.8. The first-order valence-corrected chi connectivity index (χ1v) is 11.5. The summed E-state index contributed by atoms with van der Waals surface area (Å²) in [7, 11) is 1.86. The van der Waals surface area contributed by atoms with E-state index in [-0.39, 0.29) is 12.1 Å². The highest BCUT2D eigenvalue weighted by Gasteiger charge is 2.35. The van der Waals surface area contributed by atoms with E-state index >= 15 is 0 Å². The molecule has 0 atom stereocenters. The summed E-state index contributed by atoms with van der Waals surface area (Å²) in [5.41, 5.74) is 1.14. The van der Waals surface area contributed by atoms with Crippen molar-refractivity contribution in [2.75, 3.05) is 33.2 Å². The third-order valence-corrected chi connectivity index (χ3v) is 6.06.